The lowest BCUT2D eigenvalue weighted by atomic mass is 10.1. The summed E-state index contributed by atoms with van der Waals surface area (Å²) in [5.41, 5.74) is 1.11. The van der Waals surface area contributed by atoms with E-state index in [0.29, 0.717) is 17.1 Å². The molecule has 3 rings (SSSR count). The summed E-state index contributed by atoms with van der Waals surface area (Å²) in [4.78, 5) is 25.1. The van der Waals surface area contributed by atoms with Crippen LogP contribution in [-0.2, 0) is 11.3 Å². The summed E-state index contributed by atoms with van der Waals surface area (Å²) in [5, 5.41) is 15.2. The maximum absolute atomic E-state index is 12.2. The van der Waals surface area contributed by atoms with Gasteiger partial charge in [-0.1, -0.05) is 5.16 Å². The van der Waals surface area contributed by atoms with Crippen LogP contribution in [0.3, 0.4) is 0 Å². The molecule has 0 atom stereocenters. The molecule has 0 amide bonds. The number of carbonyl (C=O) groups excluding carboxylic acids is 1. The third-order valence-corrected chi connectivity index (χ3v) is 4.13. The Kier molecular flexibility index (Phi) is 4.97. The molecule has 1 aromatic heterocycles. The second-order valence-electron chi connectivity index (χ2n) is 6.01. The first-order valence-corrected chi connectivity index (χ1v) is 8.17. The van der Waals surface area contributed by atoms with Crippen molar-refractivity contribution in [3.05, 3.63) is 51.4 Å². The Bertz CT molecular complexity index is 780. The van der Waals surface area contributed by atoms with Crippen molar-refractivity contribution in [2.24, 2.45) is 0 Å². The van der Waals surface area contributed by atoms with E-state index >= 15 is 0 Å². The number of ether oxygens (including phenoxy) is 1. The quantitative estimate of drug-likeness (QED) is 0.466. The fourth-order valence-electron chi connectivity index (χ4n) is 2.91. The van der Waals surface area contributed by atoms with E-state index < -0.39 is 10.9 Å². The molecule has 1 aliphatic rings. The van der Waals surface area contributed by atoms with Gasteiger partial charge in [-0.2, -0.15) is 0 Å². The lowest BCUT2D eigenvalue weighted by Gasteiger charge is -2.28. The summed E-state index contributed by atoms with van der Waals surface area (Å²) in [6.07, 6.45) is 3.16. The lowest BCUT2D eigenvalue weighted by molar-refractivity contribution is -0.384. The van der Waals surface area contributed by atoms with Crippen LogP contribution < -0.4 is 4.90 Å². The van der Waals surface area contributed by atoms with Crippen molar-refractivity contribution in [3.63, 3.8) is 0 Å². The van der Waals surface area contributed by atoms with Crippen LogP contribution in [0.1, 0.15) is 41.1 Å². The molecule has 8 nitrogen and oxygen atoms in total. The number of aromatic nitrogens is 1. The SMILES string of the molecule is Cc1cc(COC(=O)c2ccc(N3CCCCC3)c([N+](=O)[O-])c2)no1. The van der Waals surface area contributed by atoms with Gasteiger partial charge < -0.3 is 14.2 Å². The molecule has 0 unspecified atom stereocenters. The minimum absolute atomic E-state index is 0.0438. The minimum Gasteiger partial charge on any atom is -0.455 e. The molecule has 2 heterocycles. The smallest absolute Gasteiger partial charge is 0.338 e. The predicted molar refractivity (Wildman–Crippen MR) is 89.5 cm³/mol. The number of piperidine rings is 1. The predicted octanol–water partition coefficient (Wildman–Crippen LogP) is 3.24. The van der Waals surface area contributed by atoms with Gasteiger partial charge >= 0.3 is 5.97 Å². The first-order valence-electron chi connectivity index (χ1n) is 8.17. The van der Waals surface area contributed by atoms with Gasteiger partial charge in [0.25, 0.3) is 5.69 Å². The number of benzene rings is 1. The highest BCUT2D eigenvalue weighted by Crippen LogP contribution is 2.31. The number of carbonyl (C=O) groups is 1. The highest BCUT2D eigenvalue weighted by atomic mass is 16.6. The highest BCUT2D eigenvalue weighted by molar-refractivity contribution is 5.91. The average Bonchev–Trinajstić information content (AvgIpc) is 3.05. The third kappa shape index (κ3) is 3.96. The zero-order valence-corrected chi connectivity index (χ0v) is 13.9. The summed E-state index contributed by atoms with van der Waals surface area (Å²) in [6.45, 7) is 3.27. The topological polar surface area (TPSA) is 98.7 Å². The van der Waals surface area contributed by atoms with Crippen LogP contribution in [0.4, 0.5) is 11.4 Å². The molecule has 2 aromatic rings. The molecule has 8 heteroatoms. The van der Waals surface area contributed by atoms with Crippen molar-refractivity contribution >= 4 is 17.3 Å². The van der Waals surface area contributed by atoms with Gasteiger partial charge in [-0.05, 0) is 38.3 Å². The van der Waals surface area contributed by atoms with Crippen LogP contribution in [0.15, 0.2) is 28.8 Å². The van der Waals surface area contributed by atoms with Crippen molar-refractivity contribution in [2.45, 2.75) is 32.8 Å². The van der Waals surface area contributed by atoms with Gasteiger partial charge in [0.15, 0.2) is 0 Å². The Morgan fingerprint density at radius 2 is 2.08 bits per heavy atom. The van der Waals surface area contributed by atoms with Crippen molar-refractivity contribution in [2.75, 3.05) is 18.0 Å². The van der Waals surface area contributed by atoms with Gasteiger partial charge in [0.1, 0.15) is 23.7 Å². The van der Waals surface area contributed by atoms with E-state index in [4.69, 9.17) is 9.26 Å². The molecule has 1 saturated heterocycles. The lowest BCUT2D eigenvalue weighted by Crippen LogP contribution is -2.30. The molecule has 0 aliphatic carbocycles. The van der Waals surface area contributed by atoms with Gasteiger partial charge in [-0.25, -0.2) is 4.79 Å². The van der Waals surface area contributed by atoms with Gasteiger partial charge in [-0.3, -0.25) is 10.1 Å². The Morgan fingerprint density at radius 3 is 2.72 bits per heavy atom. The van der Waals surface area contributed by atoms with E-state index in [1.54, 1.807) is 25.1 Å². The van der Waals surface area contributed by atoms with Crippen LogP contribution in [-0.4, -0.2) is 29.1 Å². The molecule has 0 spiro atoms. The number of esters is 1. The summed E-state index contributed by atoms with van der Waals surface area (Å²) in [5.74, 6) is -0.0125. The zero-order chi connectivity index (χ0) is 17.8. The Labute approximate surface area is 144 Å². The normalized spacial score (nSPS) is 14.4. The maximum atomic E-state index is 12.2. The van der Waals surface area contributed by atoms with Crippen LogP contribution in [0.2, 0.25) is 0 Å². The summed E-state index contributed by atoms with van der Waals surface area (Å²) in [6, 6.07) is 6.13. The number of rotatable bonds is 5. The number of aryl methyl sites for hydroxylation is 1. The Hall–Kier alpha value is -2.90. The van der Waals surface area contributed by atoms with E-state index in [1.165, 1.54) is 6.07 Å². The first kappa shape index (κ1) is 16.9. The van der Waals surface area contributed by atoms with Gasteiger partial charge in [-0.15, -0.1) is 0 Å². The fraction of sp³-hybridized carbons (Fsp3) is 0.412. The number of nitro groups is 1. The van der Waals surface area contributed by atoms with Crippen molar-refractivity contribution in [3.8, 4) is 0 Å². The van der Waals surface area contributed by atoms with E-state index in [0.717, 1.165) is 32.4 Å². The van der Waals surface area contributed by atoms with E-state index in [2.05, 4.69) is 5.16 Å². The van der Waals surface area contributed by atoms with Crippen molar-refractivity contribution < 1.29 is 19.0 Å². The Balaban J connectivity index is 1.76. The number of nitrogens with zero attached hydrogens (tertiary/aromatic N) is 3. The molecule has 1 fully saturated rings. The first-order chi connectivity index (χ1) is 12.0. The van der Waals surface area contributed by atoms with E-state index in [1.807, 2.05) is 4.90 Å². The van der Waals surface area contributed by atoms with Gasteiger partial charge in [0.05, 0.1) is 10.5 Å². The van der Waals surface area contributed by atoms with Crippen molar-refractivity contribution in [1.29, 1.82) is 0 Å². The standard InChI is InChI=1S/C17H19N3O5/c1-12-9-14(18-25-12)11-24-17(21)13-5-6-15(16(10-13)20(22)23)19-7-3-2-4-8-19/h5-6,9-10H,2-4,7-8,11H2,1H3. The molecule has 0 radical (unpaired) electrons. The second-order valence-corrected chi connectivity index (χ2v) is 6.01. The third-order valence-electron chi connectivity index (χ3n) is 4.13. The largest absolute Gasteiger partial charge is 0.455 e. The van der Waals surface area contributed by atoms with E-state index in [9.17, 15) is 14.9 Å². The molecule has 0 bridgehead atoms. The second kappa shape index (κ2) is 7.33. The summed E-state index contributed by atoms with van der Waals surface area (Å²) in [7, 11) is 0. The van der Waals surface area contributed by atoms with Crippen molar-refractivity contribution in [1.82, 2.24) is 5.16 Å². The number of hydrogen-bond donors (Lipinski definition) is 0. The maximum Gasteiger partial charge on any atom is 0.338 e. The zero-order valence-electron chi connectivity index (χ0n) is 13.9. The average molecular weight is 345 g/mol. The number of anilines is 1. The fourth-order valence-corrected chi connectivity index (χ4v) is 2.91. The van der Waals surface area contributed by atoms with Crippen LogP contribution >= 0.6 is 0 Å². The Morgan fingerprint density at radius 1 is 1.32 bits per heavy atom. The monoisotopic (exact) mass is 345 g/mol. The molecule has 132 valence electrons. The molecule has 1 aromatic carbocycles. The summed E-state index contributed by atoms with van der Waals surface area (Å²) < 4.78 is 10.0. The van der Waals surface area contributed by atoms with Crippen LogP contribution in [0.25, 0.3) is 0 Å². The van der Waals surface area contributed by atoms with Crippen LogP contribution in [0.5, 0.6) is 0 Å². The number of nitro benzene ring substituents is 1. The summed E-state index contributed by atoms with van der Waals surface area (Å²) >= 11 is 0. The highest BCUT2D eigenvalue weighted by Gasteiger charge is 2.23. The number of hydrogen-bond acceptors (Lipinski definition) is 7. The molecule has 25 heavy (non-hydrogen) atoms. The molecule has 1 aliphatic heterocycles. The minimum atomic E-state index is -0.631. The molecule has 0 saturated carbocycles. The molecular weight excluding hydrogens is 326 g/mol. The van der Waals surface area contributed by atoms with E-state index in [-0.39, 0.29) is 17.9 Å². The molecule has 0 N–H and O–H groups in total. The van der Waals surface area contributed by atoms with Gasteiger partial charge in [0.2, 0.25) is 0 Å². The molecular formula is C17H19N3O5. The van der Waals surface area contributed by atoms with Crippen LogP contribution in [0, 0.1) is 17.0 Å². The van der Waals surface area contributed by atoms with Gasteiger partial charge in [0, 0.05) is 25.2 Å².